The van der Waals surface area contributed by atoms with E-state index in [4.69, 9.17) is 16.3 Å². The Bertz CT molecular complexity index is 1430. The molecular weight excluding hydrogens is 541 g/mol. The van der Waals surface area contributed by atoms with E-state index in [2.05, 4.69) is 20.7 Å². The van der Waals surface area contributed by atoms with Gasteiger partial charge in [-0.2, -0.15) is 22.7 Å². The van der Waals surface area contributed by atoms with E-state index in [1.165, 1.54) is 4.52 Å². The first-order chi connectivity index (χ1) is 18.7. The second kappa shape index (κ2) is 11.0. The van der Waals surface area contributed by atoms with Crippen LogP contribution in [-0.2, 0) is 28.7 Å². The van der Waals surface area contributed by atoms with Crippen molar-refractivity contribution in [3.63, 3.8) is 0 Å². The standard InChI is InChI=1S/C24H28ClF3N8O3/c1-2-18-20(33-7-5-29-6-8-33)21(38)36-23(31-22(32-36)34-9-11-39-12-10-34)35(18)14-19(37)30-17-4-3-15(13-16(17)25)24(26,27)28/h3-4,13,29H,2,5-12,14H2,1H3,(H,30,37). The molecule has 15 heteroatoms. The number of hydrogen-bond acceptors (Lipinski definition) is 8. The second-order valence-corrected chi connectivity index (χ2v) is 9.65. The topological polar surface area (TPSA) is 109 Å². The Labute approximate surface area is 226 Å². The molecule has 3 aromatic rings. The first kappa shape index (κ1) is 27.2. The number of alkyl halides is 3. The van der Waals surface area contributed by atoms with Gasteiger partial charge in [-0.3, -0.25) is 9.59 Å². The second-order valence-electron chi connectivity index (χ2n) is 9.24. The summed E-state index contributed by atoms with van der Waals surface area (Å²) in [4.78, 5) is 35.5. The number of benzene rings is 1. The highest BCUT2D eigenvalue weighted by Crippen LogP contribution is 2.34. The van der Waals surface area contributed by atoms with Gasteiger partial charge in [0.05, 0.1) is 35.2 Å². The molecule has 2 saturated heterocycles. The normalized spacial score (nSPS) is 16.6. The van der Waals surface area contributed by atoms with Crippen LogP contribution < -0.4 is 26.0 Å². The number of anilines is 3. The van der Waals surface area contributed by atoms with Gasteiger partial charge in [-0.25, -0.2) is 0 Å². The van der Waals surface area contributed by atoms with Crippen molar-refractivity contribution in [2.75, 3.05) is 67.6 Å². The minimum Gasteiger partial charge on any atom is -0.378 e. The molecule has 2 fully saturated rings. The van der Waals surface area contributed by atoms with E-state index in [1.807, 2.05) is 16.7 Å². The highest BCUT2D eigenvalue weighted by atomic mass is 35.5. The number of nitrogens with one attached hydrogen (secondary N) is 2. The van der Waals surface area contributed by atoms with Crippen molar-refractivity contribution in [3.8, 4) is 0 Å². The van der Waals surface area contributed by atoms with Crippen LogP contribution in [-0.4, -0.2) is 77.6 Å². The molecular formula is C24H28ClF3N8O3. The minimum absolute atomic E-state index is 0.0441. The van der Waals surface area contributed by atoms with Gasteiger partial charge in [-0.05, 0) is 24.6 Å². The third-order valence-electron chi connectivity index (χ3n) is 6.75. The SMILES string of the molecule is CCc1c(N2CCNCC2)c(=O)n2nc(N3CCOCC3)nc2n1CC(=O)Nc1ccc(C(F)(F)F)cc1Cl. The molecule has 11 nitrogen and oxygen atoms in total. The smallest absolute Gasteiger partial charge is 0.378 e. The minimum atomic E-state index is -4.56. The van der Waals surface area contributed by atoms with E-state index in [1.54, 1.807) is 4.57 Å². The molecule has 2 N–H and O–H groups in total. The number of piperazine rings is 1. The molecule has 1 aromatic carbocycles. The van der Waals surface area contributed by atoms with Gasteiger partial charge in [0.1, 0.15) is 12.2 Å². The average Bonchev–Trinajstić information content (AvgIpc) is 3.38. The molecule has 0 radical (unpaired) electrons. The molecule has 2 aliphatic rings. The lowest BCUT2D eigenvalue weighted by molar-refractivity contribution is -0.137. The van der Waals surface area contributed by atoms with Gasteiger partial charge in [0.2, 0.25) is 17.6 Å². The zero-order valence-corrected chi connectivity index (χ0v) is 22.0. The van der Waals surface area contributed by atoms with Crippen molar-refractivity contribution >= 4 is 40.6 Å². The fourth-order valence-corrected chi connectivity index (χ4v) is 5.06. The van der Waals surface area contributed by atoms with Crippen LogP contribution in [0.25, 0.3) is 5.78 Å². The summed E-state index contributed by atoms with van der Waals surface area (Å²) in [6.45, 7) is 6.35. The molecule has 4 heterocycles. The molecule has 1 amide bonds. The number of aromatic nitrogens is 4. The number of nitrogens with zero attached hydrogens (tertiary/aromatic N) is 6. The predicted molar refractivity (Wildman–Crippen MR) is 140 cm³/mol. The largest absolute Gasteiger partial charge is 0.416 e. The Kier molecular flexibility index (Phi) is 7.69. The highest BCUT2D eigenvalue weighted by molar-refractivity contribution is 6.33. The summed E-state index contributed by atoms with van der Waals surface area (Å²) >= 11 is 6.06. The molecule has 0 atom stereocenters. The Morgan fingerprint density at radius 2 is 1.87 bits per heavy atom. The van der Waals surface area contributed by atoms with E-state index >= 15 is 0 Å². The molecule has 0 saturated carbocycles. The highest BCUT2D eigenvalue weighted by Gasteiger charge is 2.31. The molecule has 39 heavy (non-hydrogen) atoms. The number of rotatable bonds is 6. The fourth-order valence-electron chi connectivity index (χ4n) is 4.83. The maximum Gasteiger partial charge on any atom is 0.416 e. The van der Waals surface area contributed by atoms with Crippen LogP contribution in [0.1, 0.15) is 18.2 Å². The fraction of sp³-hybridized carbons (Fsp3) is 0.500. The number of hydrogen-bond donors (Lipinski definition) is 2. The number of halogens is 4. The summed E-state index contributed by atoms with van der Waals surface area (Å²) in [6, 6.07) is 2.73. The van der Waals surface area contributed by atoms with Crippen molar-refractivity contribution in [1.82, 2.24) is 24.5 Å². The van der Waals surface area contributed by atoms with Gasteiger partial charge in [-0.1, -0.05) is 18.5 Å². The number of fused-ring (bicyclic) bond motifs is 1. The third kappa shape index (κ3) is 5.54. The lowest BCUT2D eigenvalue weighted by Gasteiger charge is -2.31. The number of amides is 1. The van der Waals surface area contributed by atoms with Gasteiger partial charge < -0.3 is 29.7 Å². The van der Waals surface area contributed by atoms with E-state index in [-0.39, 0.29) is 28.6 Å². The van der Waals surface area contributed by atoms with Crippen LogP contribution >= 0.6 is 11.6 Å². The Morgan fingerprint density at radius 1 is 1.15 bits per heavy atom. The molecule has 2 aliphatic heterocycles. The van der Waals surface area contributed by atoms with Crippen LogP contribution in [0.5, 0.6) is 0 Å². The summed E-state index contributed by atoms with van der Waals surface area (Å²) in [5.41, 5.74) is -0.129. The number of ether oxygens (including phenoxy) is 1. The van der Waals surface area contributed by atoms with Gasteiger partial charge >= 0.3 is 6.18 Å². The Balaban J connectivity index is 1.55. The zero-order chi connectivity index (χ0) is 27.7. The van der Waals surface area contributed by atoms with Crippen LogP contribution in [0.3, 0.4) is 0 Å². The van der Waals surface area contributed by atoms with Crippen LogP contribution in [0, 0.1) is 0 Å². The van der Waals surface area contributed by atoms with Gasteiger partial charge in [0.15, 0.2) is 0 Å². The summed E-state index contributed by atoms with van der Waals surface area (Å²) in [5, 5.41) is 10.1. The van der Waals surface area contributed by atoms with Gasteiger partial charge in [-0.15, -0.1) is 5.10 Å². The third-order valence-corrected chi connectivity index (χ3v) is 7.06. The summed E-state index contributed by atoms with van der Waals surface area (Å²) in [5.74, 6) is 0.0137. The maximum atomic E-state index is 13.7. The number of morpholine rings is 1. The Morgan fingerprint density at radius 3 is 2.51 bits per heavy atom. The molecule has 0 unspecified atom stereocenters. The van der Waals surface area contributed by atoms with Crippen molar-refractivity contribution < 1.29 is 22.7 Å². The first-order valence-corrected chi connectivity index (χ1v) is 13.0. The summed E-state index contributed by atoms with van der Waals surface area (Å²) in [7, 11) is 0. The monoisotopic (exact) mass is 568 g/mol. The first-order valence-electron chi connectivity index (χ1n) is 12.6. The van der Waals surface area contributed by atoms with Gasteiger partial charge in [0, 0.05) is 39.3 Å². The quantitative estimate of drug-likeness (QED) is 0.465. The molecule has 0 spiro atoms. The Hall–Kier alpha value is -3.36. The van der Waals surface area contributed by atoms with Crippen LogP contribution in [0.15, 0.2) is 23.0 Å². The van der Waals surface area contributed by atoms with E-state index < -0.39 is 17.6 Å². The predicted octanol–water partition coefficient (Wildman–Crippen LogP) is 2.01. The van der Waals surface area contributed by atoms with E-state index in [0.29, 0.717) is 76.2 Å². The molecule has 210 valence electrons. The number of carbonyl (C=O) groups is 1. The van der Waals surface area contributed by atoms with Gasteiger partial charge in [0.25, 0.3) is 5.56 Å². The van der Waals surface area contributed by atoms with Crippen molar-refractivity contribution in [1.29, 1.82) is 0 Å². The molecule has 0 bridgehead atoms. The molecule has 2 aromatic heterocycles. The molecule has 0 aliphatic carbocycles. The lowest BCUT2D eigenvalue weighted by atomic mass is 10.2. The van der Waals surface area contributed by atoms with Crippen molar-refractivity contribution in [2.45, 2.75) is 26.1 Å². The van der Waals surface area contributed by atoms with Crippen molar-refractivity contribution in [3.05, 3.63) is 44.8 Å². The van der Waals surface area contributed by atoms with E-state index in [9.17, 15) is 22.8 Å². The molecule has 5 rings (SSSR count). The lowest BCUT2D eigenvalue weighted by Crippen LogP contribution is -2.47. The summed E-state index contributed by atoms with van der Waals surface area (Å²) in [6.07, 6.45) is -4.13. The maximum absolute atomic E-state index is 13.7. The average molecular weight is 569 g/mol. The van der Waals surface area contributed by atoms with Crippen LogP contribution in [0.4, 0.5) is 30.5 Å². The van der Waals surface area contributed by atoms with Crippen LogP contribution in [0.2, 0.25) is 5.02 Å². The van der Waals surface area contributed by atoms with E-state index in [0.717, 1.165) is 18.2 Å². The van der Waals surface area contributed by atoms with Crippen molar-refractivity contribution in [2.24, 2.45) is 0 Å². The summed E-state index contributed by atoms with van der Waals surface area (Å²) < 4.78 is 47.4. The number of carbonyl (C=O) groups excluding carboxylic acids is 1. The zero-order valence-electron chi connectivity index (χ0n) is 21.2.